The van der Waals surface area contributed by atoms with Crippen LogP contribution in [0.25, 0.3) is 0 Å². The van der Waals surface area contributed by atoms with E-state index in [2.05, 4.69) is 29.1 Å². The van der Waals surface area contributed by atoms with E-state index in [0.29, 0.717) is 10.8 Å². The summed E-state index contributed by atoms with van der Waals surface area (Å²) in [4.78, 5) is 2.26. The molecule has 1 fully saturated rings. The van der Waals surface area contributed by atoms with E-state index >= 15 is 0 Å². The molecule has 0 atom stereocenters. The highest BCUT2D eigenvalue weighted by atomic mass is 32.1. The smallest absolute Gasteiger partial charge is 0.225 e. The zero-order valence-electron chi connectivity index (χ0n) is 10.2. The SMILES string of the molecule is CC1CCC(N(C)c2n[nH]c(=S)n2C)CC1. The zero-order valence-corrected chi connectivity index (χ0v) is 11.0. The van der Waals surface area contributed by atoms with Crippen LogP contribution in [0.15, 0.2) is 0 Å². The average Bonchev–Trinajstić information content (AvgIpc) is 2.60. The molecule has 1 aromatic heterocycles. The Morgan fingerprint density at radius 1 is 1.38 bits per heavy atom. The summed E-state index contributed by atoms with van der Waals surface area (Å²) in [7, 11) is 4.08. The predicted molar refractivity (Wildman–Crippen MR) is 68.2 cm³/mol. The van der Waals surface area contributed by atoms with Gasteiger partial charge in [0.25, 0.3) is 0 Å². The molecular formula is C11H20N4S. The molecule has 0 unspecified atom stereocenters. The topological polar surface area (TPSA) is 36.9 Å². The van der Waals surface area contributed by atoms with Gasteiger partial charge in [-0.1, -0.05) is 6.92 Å². The van der Waals surface area contributed by atoms with Gasteiger partial charge in [-0.2, -0.15) is 0 Å². The minimum atomic E-state index is 0.611. The van der Waals surface area contributed by atoms with Gasteiger partial charge in [-0.25, -0.2) is 5.10 Å². The lowest BCUT2D eigenvalue weighted by molar-refractivity contribution is 0.338. The van der Waals surface area contributed by atoms with Crippen LogP contribution in [0.5, 0.6) is 0 Å². The third-order valence-electron chi connectivity index (χ3n) is 3.70. The maximum absolute atomic E-state index is 5.13. The van der Waals surface area contributed by atoms with Crippen molar-refractivity contribution in [2.24, 2.45) is 13.0 Å². The Labute approximate surface area is 102 Å². The molecule has 1 aliphatic carbocycles. The summed E-state index contributed by atoms with van der Waals surface area (Å²) < 4.78 is 2.62. The molecule has 1 saturated carbocycles. The molecule has 1 heterocycles. The van der Waals surface area contributed by atoms with E-state index < -0.39 is 0 Å². The van der Waals surface area contributed by atoms with Crippen molar-refractivity contribution in [2.45, 2.75) is 38.6 Å². The van der Waals surface area contributed by atoms with E-state index in [4.69, 9.17) is 12.2 Å². The Kier molecular flexibility index (Phi) is 3.33. The third-order valence-corrected chi connectivity index (χ3v) is 4.07. The first-order valence-corrected chi connectivity index (χ1v) is 6.34. The minimum absolute atomic E-state index is 0.611. The molecule has 0 radical (unpaired) electrons. The van der Waals surface area contributed by atoms with Gasteiger partial charge in [0.15, 0.2) is 4.77 Å². The van der Waals surface area contributed by atoms with Crippen molar-refractivity contribution in [1.82, 2.24) is 14.8 Å². The molecule has 2 rings (SSSR count). The first-order chi connectivity index (χ1) is 7.59. The number of anilines is 1. The van der Waals surface area contributed by atoms with Gasteiger partial charge in [0.05, 0.1) is 0 Å². The van der Waals surface area contributed by atoms with Gasteiger partial charge in [0.2, 0.25) is 5.95 Å². The van der Waals surface area contributed by atoms with Crippen LogP contribution in [0.3, 0.4) is 0 Å². The predicted octanol–water partition coefficient (Wildman–Crippen LogP) is 2.49. The molecule has 0 saturated heterocycles. The number of aromatic amines is 1. The van der Waals surface area contributed by atoms with Crippen molar-refractivity contribution in [3.63, 3.8) is 0 Å². The van der Waals surface area contributed by atoms with Gasteiger partial charge < -0.3 is 4.90 Å². The molecular weight excluding hydrogens is 220 g/mol. The van der Waals surface area contributed by atoms with Crippen LogP contribution in [0.2, 0.25) is 0 Å². The van der Waals surface area contributed by atoms with E-state index in [0.717, 1.165) is 11.9 Å². The second-order valence-corrected chi connectivity index (χ2v) is 5.30. The van der Waals surface area contributed by atoms with E-state index in [1.54, 1.807) is 0 Å². The van der Waals surface area contributed by atoms with Gasteiger partial charge in [-0.05, 0) is 43.8 Å². The zero-order chi connectivity index (χ0) is 11.7. The Hall–Kier alpha value is -0.840. The van der Waals surface area contributed by atoms with Crippen LogP contribution >= 0.6 is 12.2 Å². The Morgan fingerprint density at radius 2 is 2.00 bits per heavy atom. The van der Waals surface area contributed by atoms with Gasteiger partial charge in [-0.3, -0.25) is 4.57 Å². The molecule has 0 spiro atoms. The van der Waals surface area contributed by atoms with Crippen molar-refractivity contribution in [1.29, 1.82) is 0 Å². The maximum atomic E-state index is 5.13. The third kappa shape index (κ3) is 2.14. The van der Waals surface area contributed by atoms with Crippen LogP contribution in [-0.4, -0.2) is 27.9 Å². The van der Waals surface area contributed by atoms with Crippen molar-refractivity contribution in [2.75, 3.05) is 11.9 Å². The fourth-order valence-corrected chi connectivity index (χ4v) is 2.57. The van der Waals surface area contributed by atoms with Crippen molar-refractivity contribution < 1.29 is 0 Å². The number of H-pyrrole nitrogens is 1. The molecule has 1 N–H and O–H groups in total. The summed E-state index contributed by atoms with van der Waals surface area (Å²) in [5.41, 5.74) is 0. The van der Waals surface area contributed by atoms with E-state index in [9.17, 15) is 0 Å². The summed E-state index contributed by atoms with van der Waals surface area (Å²) in [6.07, 6.45) is 5.17. The highest BCUT2D eigenvalue weighted by Gasteiger charge is 2.23. The number of hydrogen-bond acceptors (Lipinski definition) is 3. The minimum Gasteiger partial charge on any atom is -0.341 e. The number of nitrogens with zero attached hydrogens (tertiary/aromatic N) is 3. The molecule has 90 valence electrons. The average molecular weight is 240 g/mol. The molecule has 0 amide bonds. The summed E-state index contributed by atoms with van der Waals surface area (Å²) in [5, 5.41) is 7.12. The normalized spacial score (nSPS) is 25.7. The highest BCUT2D eigenvalue weighted by molar-refractivity contribution is 7.71. The van der Waals surface area contributed by atoms with E-state index in [1.807, 2.05) is 11.6 Å². The molecule has 0 aliphatic heterocycles. The number of nitrogens with one attached hydrogen (secondary N) is 1. The lowest BCUT2D eigenvalue weighted by Crippen LogP contribution is -2.36. The van der Waals surface area contributed by atoms with Crippen molar-refractivity contribution >= 4 is 18.2 Å². The van der Waals surface area contributed by atoms with E-state index in [-0.39, 0.29) is 0 Å². The molecule has 4 nitrogen and oxygen atoms in total. The van der Waals surface area contributed by atoms with Crippen molar-refractivity contribution in [3.8, 4) is 0 Å². The second-order valence-electron chi connectivity index (χ2n) is 4.91. The van der Waals surface area contributed by atoms with Gasteiger partial charge in [-0.15, -0.1) is 5.10 Å². The summed E-state index contributed by atoms with van der Waals surface area (Å²) in [6, 6.07) is 0.611. The standard InChI is InChI=1S/C11H20N4S/c1-8-4-6-9(7-5-8)14(2)10-12-13-11(16)15(10)3/h8-9H,4-7H2,1-3H3,(H,13,16). The van der Waals surface area contributed by atoms with Crippen molar-refractivity contribution in [3.05, 3.63) is 4.77 Å². The number of hydrogen-bond donors (Lipinski definition) is 1. The summed E-state index contributed by atoms with van der Waals surface area (Å²) in [5.74, 6) is 1.83. The van der Waals surface area contributed by atoms with Crippen LogP contribution in [0.1, 0.15) is 32.6 Å². The monoisotopic (exact) mass is 240 g/mol. The summed E-state index contributed by atoms with van der Waals surface area (Å²) >= 11 is 5.13. The Balaban J connectivity index is 2.10. The lowest BCUT2D eigenvalue weighted by atomic mass is 9.87. The Bertz CT molecular complexity index is 400. The van der Waals surface area contributed by atoms with E-state index in [1.165, 1.54) is 25.7 Å². The van der Waals surface area contributed by atoms with Gasteiger partial charge in [0.1, 0.15) is 0 Å². The number of rotatable bonds is 2. The molecule has 1 aliphatic rings. The number of aromatic nitrogens is 3. The van der Waals surface area contributed by atoms with Gasteiger partial charge in [0, 0.05) is 20.1 Å². The molecule has 0 bridgehead atoms. The van der Waals surface area contributed by atoms with Crippen LogP contribution in [0, 0.1) is 10.7 Å². The second kappa shape index (κ2) is 4.57. The molecule has 0 aromatic carbocycles. The van der Waals surface area contributed by atoms with Crippen LogP contribution < -0.4 is 4.90 Å². The highest BCUT2D eigenvalue weighted by Crippen LogP contribution is 2.28. The maximum Gasteiger partial charge on any atom is 0.225 e. The molecule has 5 heteroatoms. The van der Waals surface area contributed by atoms with Crippen LogP contribution in [0.4, 0.5) is 5.95 Å². The largest absolute Gasteiger partial charge is 0.341 e. The fourth-order valence-electron chi connectivity index (χ4n) is 2.45. The first-order valence-electron chi connectivity index (χ1n) is 5.94. The fraction of sp³-hybridized carbons (Fsp3) is 0.818. The molecule has 1 aromatic rings. The van der Waals surface area contributed by atoms with Crippen LogP contribution in [-0.2, 0) is 7.05 Å². The Morgan fingerprint density at radius 3 is 2.50 bits per heavy atom. The van der Waals surface area contributed by atoms with Gasteiger partial charge >= 0.3 is 0 Å². The summed E-state index contributed by atoms with van der Waals surface area (Å²) in [6.45, 7) is 2.34. The quantitative estimate of drug-likeness (QED) is 0.807. The lowest BCUT2D eigenvalue weighted by Gasteiger charge is -2.33. The first kappa shape index (κ1) is 11.6. The molecule has 16 heavy (non-hydrogen) atoms.